The highest BCUT2D eigenvalue weighted by atomic mass is 15.2. The predicted molar refractivity (Wildman–Crippen MR) is 86.7 cm³/mol. The van der Waals surface area contributed by atoms with Gasteiger partial charge in [0, 0.05) is 19.1 Å². The number of benzene rings is 1. The molecule has 0 saturated carbocycles. The van der Waals surface area contributed by atoms with Crippen molar-refractivity contribution in [2.24, 2.45) is 5.92 Å². The summed E-state index contributed by atoms with van der Waals surface area (Å²) in [6, 6.07) is 9.89. The van der Waals surface area contributed by atoms with E-state index in [1.165, 1.54) is 36.9 Å². The number of nitrogens with one attached hydrogen (secondary N) is 1. The van der Waals surface area contributed by atoms with Gasteiger partial charge in [-0.2, -0.15) is 0 Å². The van der Waals surface area contributed by atoms with Crippen LogP contribution < -0.4 is 5.32 Å². The van der Waals surface area contributed by atoms with E-state index >= 15 is 0 Å². The maximum absolute atomic E-state index is 3.53. The molecule has 2 rings (SSSR count). The Morgan fingerprint density at radius 1 is 1.30 bits per heavy atom. The summed E-state index contributed by atoms with van der Waals surface area (Å²) in [5.41, 5.74) is 2.88. The van der Waals surface area contributed by atoms with Crippen molar-refractivity contribution in [1.82, 2.24) is 10.2 Å². The van der Waals surface area contributed by atoms with Gasteiger partial charge in [-0.25, -0.2) is 0 Å². The Balaban J connectivity index is 1.88. The average molecular weight is 274 g/mol. The van der Waals surface area contributed by atoms with Gasteiger partial charge in [0.15, 0.2) is 0 Å². The molecule has 0 spiro atoms. The predicted octanol–water partition coefficient (Wildman–Crippen LogP) is 3.81. The van der Waals surface area contributed by atoms with E-state index in [4.69, 9.17) is 0 Å². The van der Waals surface area contributed by atoms with E-state index in [0.29, 0.717) is 5.92 Å². The first kappa shape index (κ1) is 15.5. The summed E-state index contributed by atoms with van der Waals surface area (Å²) in [5, 5.41) is 3.53. The second kappa shape index (κ2) is 7.80. The highest BCUT2D eigenvalue weighted by Gasteiger charge is 2.22. The minimum Gasteiger partial charge on any atom is -0.312 e. The lowest BCUT2D eigenvalue weighted by atomic mass is 10.1. The van der Waals surface area contributed by atoms with Gasteiger partial charge in [-0.3, -0.25) is 4.90 Å². The summed E-state index contributed by atoms with van der Waals surface area (Å²) in [6.45, 7) is 11.3. The highest BCUT2D eigenvalue weighted by Crippen LogP contribution is 2.22. The minimum absolute atomic E-state index is 0.716. The van der Waals surface area contributed by atoms with Crippen molar-refractivity contribution in [3.05, 3.63) is 35.4 Å². The molecule has 112 valence electrons. The zero-order valence-corrected chi connectivity index (χ0v) is 13.4. The van der Waals surface area contributed by atoms with Crippen LogP contribution in [0.2, 0.25) is 0 Å². The van der Waals surface area contributed by atoms with E-state index in [1.54, 1.807) is 0 Å². The fourth-order valence-corrected chi connectivity index (χ4v) is 3.14. The van der Waals surface area contributed by atoms with Crippen molar-refractivity contribution in [2.75, 3.05) is 13.1 Å². The molecule has 0 aromatic heterocycles. The van der Waals surface area contributed by atoms with Gasteiger partial charge in [-0.05, 0) is 49.4 Å². The van der Waals surface area contributed by atoms with Crippen LogP contribution in [0.5, 0.6) is 0 Å². The second-order valence-electron chi connectivity index (χ2n) is 6.52. The number of hydrogen-bond acceptors (Lipinski definition) is 2. The number of rotatable bonds is 7. The maximum atomic E-state index is 3.53. The smallest absolute Gasteiger partial charge is 0.0236 e. The Morgan fingerprint density at radius 3 is 2.85 bits per heavy atom. The Bertz CT molecular complexity index is 400. The third-order valence-electron chi connectivity index (χ3n) is 4.23. The third-order valence-corrected chi connectivity index (χ3v) is 4.23. The summed E-state index contributed by atoms with van der Waals surface area (Å²) < 4.78 is 0. The first-order chi connectivity index (χ1) is 9.69. The number of nitrogens with zero attached hydrogens (tertiary/aromatic N) is 1. The minimum atomic E-state index is 0.716. The molecular weight excluding hydrogens is 244 g/mol. The molecule has 1 N–H and O–H groups in total. The molecule has 0 aliphatic carbocycles. The van der Waals surface area contributed by atoms with E-state index in [1.807, 2.05) is 0 Å². The largest absolute Gasteiger partial charge is 0.312 e. The molecule has 0 amide bonds. The van der Waals surface area contributed by atoms with Crippen molar-refractivity contribution in [3.8, 4) is 0 Å². The summed E-state index contributed by atoms with van der Waals surface area (Å²) >= 11 is 0. The van der Waals surface area contributed by atoms with E-state index < -0.39 is 0 Å². The molecule has 1 aromatic rings. The summed E-state index contributed by atoms with van der Waals surface area (Å²) in [7, 11) is 0. The van der Waals surface area contributed by atoms with Crippen LogP contribution in [-0.2, 0) is 13.1 Å². The SMILES string of the molecule is CCC1CCCN1Cc1cccc(CNCC(C)C)c1. The molecular formula is C18H30N2. The lowest BCUT2D eigenvalue weighted by Gasteiger charge is -2.23. The summed E-state index contributed by atoms with van der Waals surface area (Å²) in [5.74, 6) is 0.716. The van der Waals surface area contributed by atoms with Gasteiger partial charge < -0.3 is 5.32 Å². The van der Waals surface area contributed by atoms with Crippen molar-refractivity contribution in [3.63, 3.8) is 0 Å². The quantitative estimate of drug-likeness (QED) is 0.813. The van der Waals surface area contributed by atoms with Crippen LogP contribution in [0.3, 0.4) is 0 Å². The number of hydrogen-bond donors (Lipinski definition) is 1. The molecule has 1 fully saturated rings. The first-order valence-electron chi connectivity index (χ1n) is 8.21. The van der Waals surface area contributed by atoms with Crippen molar-refractivity contribution >= 4 is 0 Å². The molecule has 2 heteroatoms. The van der Waals surface area contributed by atoms with E-state index in [2.05, 4.69) is 55.3 Å². The van der Waals surface area contributed by atoms with E-state index in [9.17, 15) is 0 Å². The zero-order valence-electron chi connectivity index (χ0n) is 13.4. The van der Waals surface area contributed by atoms with E-state index in [-0.39, 0.29) is 0 Å². The fraction of sp³-hybridized carbons (Fsp3) is 0.667. The van der Waals surface area contributed by atoms with Gasteiger partial charge >= 0.3 is 0 Å². The van der Waals surface area contributed by atoms with Gasteiger partial charge in [-0.1, -0.05) is 45.0 Å². The van der Waals surface area contributed by atoms with Crippen molar-refractivity contribution in [1.29, 1.82) is 0 Å². The van der Waals surface area contributed by atoms with E-state index in [0.717, 1.165) is 25.7 Å². The van der Waals surface area contributed by atoms with Gasteiger partial charge in [0.1, 0.15) is 0 Å². The van der Waals surface area contributed by atoms with Gasteiger partial charge in [0.2, 0.25) is 0 Å². The maximum Gasteiger partial charge on any atom is 0.0236 e. The normalized spacial score (nSPS) is 19.9. The third kappa shape index (κ3) is 4.60. The highest BCUT2D eigenvalue weighted by molar-refractivity contribution is 5.23. The summed E-state index contributed by atoms with van der Waals surface area (Å²) in [4.78, 5) is 2.65. The fourth-order valence-electron chi connectivity index (χ4n) is 3.14. The Kier molecular flexibility index (Phi) is 6.06. The topological polar surface area (TPSA) is 15.3 Å². The Morgan fingerprint density at radius 2 is 2.10 bits per heavy atom. The molecule has 1 saturated heterocycles. The van der Waals surface area contributed by atoms with Crippen LogP contribution in [0, 0.1) is 5.92 Å². The Labute approximate surface area is 124 Å². The van der Waals surface area contributed by atoms with Crippen LogP contribution in [0.4, 0.5) is 0 Å². The van der Waals surface area contributed by atoms with Crippen LogP contribution >= 0.6 is 0 Å². The molecule has 1 atom stereocenters. The molecule has 1 heterocycles. The van der Waals surface area contributed by atoms with Crippen molar-refractivity contribution in [2.45, 2.75) is 59.2 Å². The molecule has 1 aliphatic rings. The monoisotopic (exact) mass is 274 g/mol. The lowest BCUT2D eigenvalue weighted by Crippen LogP contribution is -2.28. The van der Waals surface area contributed by atoms with Crippen LogP contribution in [0.15, 0.2) is 24.3 Å². The van der Waals surface area contributed by atoms with Crippen LogP contribution in [0.25, 0.3) is 0 Å². The Hall–Kier alpha value is -0.860. The number of likely N-dealkylation sites (tertiary alicyclic amines) is 1. The molecule has 0 bridgehead atoms. The molecule has 20 heavy (non-hydrogen) atoms. The summed E-state index contributed by atoms with van der Waals surface area (Å²) in [6.07, 6.45) is 4.04. The molecule has 1 aliphatic heterocycles. The van der Waals surface area contributed by atoms with Gasteiger partial charge in [0.05, 0.1) is 0 Å². The second-order valence-corrected chi connectivity index (χ2v) is 6.52. The molecule has 2 nitrogen and oxygen atoms in total. The molecule has 1 unspecified atom stereocenters. The average Bonchev–Trinajstić information content (AvgIpc) is 2.86. The van der Waals surface area contributed by atoms with Gasteiger partial charge in [0.25, 0.3) is 0 Å². The standard InChI is InChI=1S/C18H30N2/c1-4-18-9-6-10-20(18)14-17-8-5-7-16(11-17)13-19-12-15(2)3/h5,7-8,11,15,18-19H,4,6,9-10,12-14H2,1-3H3. The lowest BCUT2D eigenvalue weighted by molar-refractivity contribution is 0.240. The first-order valence-corrected chi connectivity index (χ1v) is 8.21. The van der Waals surface area contributed by atoms with Crippen molar-refractivity contribution < 1.29 is 0 Å². The molecule has 0 radical (unpaired) electrons. The van der Waals surface area contributed by atoms with Gasteiger partial charge in [-0.15, -0.1) is 0 Å². The zero-order chi connectivity index (χ0) is 14.4. The van der Waals surface area contributed by atoms with Crippen LogP contribution in [0.1, 0.15) is 51.2 Å². The molecule has 1 aromatic carbocycles. The van der Waals surface area contributed by atoms with Crippen LogP contribution in [-0.4, -0.2) is 24.0 Å².